The average molecular weight is 363 g/mol. The van der Waals surface area contributed by atoms with Gasteiger partial charge in [-0.25, -0.2) is 0 Å². The van der Waals surface area contributed by atoms with E-state index in [0.29, 0.717) is 5.56 Å². The zero-order valence-electron chi connectivity index (χ0n) is 9.21. The van der Waals surface area contributed by atoms with Gasteiger partial charge in [0, 0.05) is 28.2 Å². The Hall–Kier alpha value is -0.390. The molecule has 0 unspecified atom stereocenters. The monoisotopic (exact) mass is 361 g/mol. The highest BCUT2D eigenvalue weighted by Gasteiger charge is 2.18. The van der Waals surface area contributed by atoms with Gasteiger partial charge in [-0.1, -0.05) is 15.9 Å². The number of benzene rings is 1. The van der Waals surface area contributed by atoms with Gasteiger partial charge in [0.05, 0.1) is 5.56 Å². The number of rotatable bonds is 2. The Labute approximate surface area is 117 Å². The van der Waals surface area contributed by atoms with Crippen molar-refractivity contribution < 1.29 is 9.53 Å². The lowest BCUT2D eigenvalue weighted by atomic mass is 10.1. The van der Waals surface area contributed by atoms with E-state index in [9.17, 15) is 4.79 Å². The topological polar surface area (TPSA) is 38.3 Å². The number of halogens is 2. The molecule has 0 spiro atoms. The Bertz CT molecular complexity index is 417. The molecule has 0 aromatic heterocycles. The molecule has 92 valence electrons. The molecule has 1 aliphatic heterocycles. The molecule has 0 aliphatic carbocycles. The fourth-order valence-corrected chi connectivity index (χ4v) is 3.01. The number of hydrogen-bond donors (Lipinski definition) is 1. The van der Waals surface area contributed by atoms with Gasteiger partial charge in [0.1, 0.15) is 0 Å². The summed E-state index contributed by atoms with van der Waals surface area (Å²) in [6.07, 6.45) is 1.78. The summed E-state index contributed by atoms with van der Waals surface area (Å²) in [5, 5.41) is 3.03. The van der Waals surface area contributed by atoms with Crippen molar-refractivity contribution in [3.05, 3.63) is 32.7 Å². The molecule has 0 bridgehead atoms. The lowest BCUT2D eigenvalue weighted by Gasteiger charge is -2.23. The van der Waals surface area contributed by atoms with Gasteiger partial charge in [-0.15, -0.1) is 0 Å². The second kappa shape index (κ2) is 5.98. The van der Waals surface area contributed by atoms with Crippen LogP contribution < -0.4 is 5.32 Å². The molecule has 1 aromatic rings. The molecular weight excluding hydrogens is 350 g/mol. The highest BCUT2D eigenvalue weighted by Crippen LogP contribution is 2.22. The zero-order chi connectivity index (χ0) is 12.3. The first-order valence-corrected chi connectivity index (χ1v) is 7.09. The predicted octanol–water partition coefficient (Wildman–Crippen LogP) is 3.12. The van der Waals surface area contributed by atoms with Crippen molar-refractivity contribution >= 4 is 37.8 Å². The molecule has 1 heterocycles. The summed E-state index contributed by atoms with van der Waals surface area (Å²) in [4.78, 5) is 12.0. The van der Waals surface area contributed by atoms with Crippen LogP contribution in [0.3, 0.4) is 0 Å². The van der Waals surface area contributed by atoms with Crippen molar-refractivity contribution in [2.75, 3.05) is 13.2 Å². The van der Waals surface area contributed by atoms with Crippen LogP contribution in [0.15, 0.2) is 27.1 Å². The Morgan fingerprint density at radius 1 is 1.29 bits per heavy atom. The minimum atomic E-state index is -0.0312. The first-order chi connectivity index (χ1) is 8.16. The van der Waals surface area contributed by atoms with Crippen LogP contribution in [0.2, 0.25) is 0 Å². The number of nitrogens with one attached hydrogen (secondary N) is 1. The van der Waals surface area contributed by atoms with E-state index in [0.717, 1.165) is 35.0 Å². The third kappa shape index (κ3) is 3.53. The molecule has 1 saturated heterocycles. The normalized spacial score (nSPS) is 16.8. The van der Waals surface area contributed by atoms with E-state index in [1.807, 2.05) is 18.2 Å². The van der Waals surface area contributed by atoms with Crippen LogP contribution in [-0.2, 0) is 4.74 Å². The molecule has 17 heavy (non-hydrogen) atoms. The summed E-state index contributed by atoms with van der Waals surface area (Å²) in [7, 11) is 0. The van der Waals surface area contributed by atoms with Gasteiger partial charge in [0.25, 0.3) is 5.91 Å². The highest BCUT2D eigenvalue weighted by atomic mass is 79.9. The molecule has 1 fully saturated rings. The van der Waals surface area contributed by atoms with Crippen molar-refractivity contribution in [2.45, 2.75) is 18.9 Å². The predicted molar refractivity (Wildman–Crippen MR) is 73.1 cm³/mol. The second-order valence-corrected chi connectivity index (χ2v) is 5.75. The smallest absolute Gasteiger partial charge is 0.252 e. The van der Waals surface area contributed by atoms with Crippen molar-refractivity contribution in [1.82, 2.24) is 5.32 Å². The van der Waals surface area contributed by atoms with Gasteiger partial charge in [0.15, 0.2) is 0 Å². The Morgan fingerprint density at radius 2 is 2.00 bits per heavy atom. The quantitative estimate of drug-likeness (QED) is 0.877. The summed E-state index contributed by atoms with van der Waals surface area (Å²) in [6.45, 7) is 1.46. The fraction of sp³-hybridized carbons (Fsp3) is 0.417. The fourth-order valence-electron chi connectivity index (χ4n) is 1.78. The molecule has 0 radical (unpaired) electrons. The third-order valence-electron chi connectivity index (χ3n) is 2.73. The van der Waals surface area contributed by atoms with Crippen molar-refractivity contribution in [2.24, 2.45) is 0 Å². The van der Waals surface area contributed by atoms with Gasteiger partial charge >= 0.3 is 0 Å². The van der Waals surface area contributed by atoms with E-state index >= 15 is 0 Å². The number of amides is 1. The van der Waals surface area contributed by atoms with Crippen LogP contribution >= 0.6 is 31.9 Å². The molecular formula is C12H13Br2NO2. The highest BCUT2D eigenvalue weighted by molar-refractivity contribution is 9.11. The molecule has 2 rings (SSSR count). The number of hydrogen-bond acceptors (Lipinski definition) is 2. The summed E-state index contributed by atoms with van der Waals surface area (Å²) < 4.78 is 7.01. The molecule has 0 saturated carbocycles. The average Bonchev–Trinajstić information content (AvgIpc) is 2.30. The number of ether oxygens (including phenoxy) is 1. The largest absolute Gasteiger partial charge is 0.381 e. The van der Waals surface area contributed by atoms with E-state index in [1.165, 1.54) is 0 Å². The molecule has 3 nitrogen and oxygen atoms in total. The standard InChI is InChI=1S/C12H13Br2NO2/c13-8-1-2-10(11(14)7-8)12(16)15-9-3-5-17-6-4-9/h1-2,7,9H,3-6H2,(H,15,16). The van der Waals surface area contributed by atoms with Gasteiger partial charge in [-0.3, -0.25) is 4.79 Å². The second-order valence-electron chi connectivity index (χ2n) is 3.98. The first-order valence-electron chi connectivity index (χ1n) is 5.50. The van der Waals surface area contributed by atoms with E-state index < -0.39 is 0 Å². The minimum Gasteiger partial charge on any atom is -0.381 e. The van der Waals surface area contributed by atoms with Gasteiger partial charge in [-0.05, 0) is 47.0 Å². The maximum absolute atomic E-state index is 12.0. The third-order valence-corrected chi connectivity index (χ3v) is 3.88. The van der Waals surface area contributed by atoms with Gasteiger partial charge in [-0.2, -0.15) is 0 Å². The number of carbonyl (C=O) groups excluding carboxylic acids is 1. The number of carbonyl (C=O) groups is 1. The van der Waals surface area contributed by atoms with Crippen LogP contribution in [0, 0.1) is 0 Å². The Balaban J connectivity index is 2.03. The summed E-state index contributed by atoms with van der Waals surface area (Å²) in [5.41, 5.74) is 0.666. The van der Waals surface area contributed by atoms with Crippen LogP contribution in [0.4, 0.5) is 0 Å². The van der Waals surface area contributed by atoms with Crippen LogP contribution in [0.25, 0.3) is 0 Å². The first kappa shape index (κ1) is 13.1. The molecule has 1 N–H and O–H groups in total. The Morgan fingerprint density at radius 3 is 2.65 bits per heavy atom. The zero-order valence-corrected chi connectivity index (χ0v) is 12.4. The minimum absolute atomic E-state index is 0.0312. The lowest BCUT2D eigenvalue weighted by Crippen LogP contribution is -2.39. The maximum atomic E-state index is 12.0. The summed E-state index contributed by atoms with van der Waals surface area (Å²) in [6, 6.07) is 5.78. The maximum Gasteiger partial charge on any atom is 0.252 e. The SMILES string of the molecule is O=C(NC1CCOCC1)c1ccc(Br)cc1Br. The van der Waals surface area contributed by atoms with E-state index in [4.69, 9.17) is 4.74 Å². The van der Waals surface area contributed by atoms with Gasteiger partial charge < -0.3 is 10.1 Å². The molecule has 1 aliphatic rings. The van der Waals surface area contributed by atoms with E-state index in [2.05, 4.69) is 37.2 Å². The van der Waals surface area contributed by atoms with Crippen LogP contribution in [0.5, 0.6) is 0 Å². The van der Waals surface area contributed by atoms with E-state index in [1.54, 1.807) is 0 Å². The lowest BCUT2D eigenvalue weighted by molar-refractivity contribution is 0.0696. The Kier molecular flexibility index (Phi) is 4.59. The van der Waals surface area contributed by atoms with Crippen molar-refractivity contribution in [3.8, 4) is 0 Å². The van der Waals surface area contributed by atoms with Crippen LogP contribution in [0.1, 0.15) is 23.2 Å². The van der Waals surface area contributed by atoms with Gasteiger partial charge in [0.2, 0.25) is 0 Å². The summed E-state index contributed by atoms with van der Waals surface area (Å²) >= 11 is 6.76. The molecule has 1 aromatic carbocycles. The van der Waals surface area contributed by atoms with Crippen LogP contribution in [-0.4, -0.2) is 25.2 Å². The van der Waals surface area contributed by atoms with E-state index in [-0.39, 0.29) is 11.9 Å². The molecule has 0 atom stereocenters. The van der Waals surface area contributed by atoms with Crippen molar-refractivity contribution in [3.63, 3.8) is 0 Å². The molecule has 5 heteroatoms. The van der Waals surface area contributed by atoms with Crippen molar-refractivity contribution in [1.29, 1.82) is 0 Å². The molecule has 1 amide bonds. The summed E-state index contributed by atoms with van der Waals surface area (Å²) in [5.74, 6) is -0.0312.